The number of methoxy groups -OCH3 is 1. The second-order valence-corrected chi connectivity index (χ2v) is 11.4. The molecule has 0 atom stereocenters. The van der Waals surface area contributed by atoms with E-state index in [4.69, 9.17) is 14.2 Å². The van der Waals surface area contributed by atoms with Crippen LogP contribution in [0.4, 0.5) is 10.5 Å². The molecule has 1 fully saturated rings. The Balaban J connectivity index is 1.25. The Hall–Kier alpha value is -4.03. The number of amides is 3. The van der Waals surface area contributed by atoms with E-state index in [2.05, 4.69) is 52.2 Å². The summed E-state index contributed by atoms with van der Waals surface area (Å²) in [4.78, 5) is 39.4. The van der Waals surface area contributed by atoms with Crippen molar-refractivity contribution in [3.8, 4) is 17.2 Å². The zero-order valence-corrected chi connectivity index (χ0v) is 25.9. The molecule has 1 saturated heterocycles. The number of hydrogen-bond donors (Lipinski definition) is 1. The first-order valence-corrected chi connectivity index (χ1v) is 15.0. The van der Waals surface area contributed by atoms with E-state index >= 15 is 0 Å². The first-order chi connectivity index (χ1) is 20.3. The van der Waals surface area contributed by atoms with Crippen LogP contribution in [-0.4, -0.2) is 42.2 Å². The van der Waals surface area contributed by atoms with E-state index in [1.165, 1.54) is 0 Å². The molecule has 0 unspecified atom stereocenters. The summed E-state index contributed by atoms with van der Waals surface area (Å²) in [6, 6.07) is 24.8. The van der Waals surface area contributed by atoms with E-state index in [1.54, 1.807) is 43.5 Å². The summed E-state index contributed by atoms with van der Waals surface area (Å²) in [7, 11) is 1.55. The topological polar surface area (TPSA) is 94.2 Å². The number of halogens is 1. The Morgan fingerprint density at radius 2 is 1.74 bits per heavy atom. The molecule has 1 N–H and O–H groups in total. The van der Waals surface area contributed by atoms with Crippen molar-refractivity contribution in [2.24, 2.45) is 0 Å². The monoisotopic (exact) mass is 694 g/mol. The lowest BCUT2D eigenvalue weighted by molar-refractivity contribution is -0.127. The second-order valence-electron chi connectivity index (χ2n) is 9.28. The highest BCUT2D eigenvalue weighted by Gasteiger charge is 2.36. The van der Waals surface area contributed by atoms with Gasteiger partial charge in [-0.05, 0) is 112 Å². The van der Waals surface area contributed by atoms with Crippen molar-refractivity contribution in [3.05, 3.63) is 98.5 Å². The largest absolute Gasteiger partial charge is 0.494 e. The smallest absolute Gasteiger partial charge is 0.294 e. The summed E-state index contributed by atoms with van der Waals surface area (Å²) >= 11 is 2.95. The first kappa shape index (κ1) is 29.5. The van der Waals surface area contributed by atoms with Crippen LogP contribution < -0.4 is 19.5 Å². The third-order valence-corrected chi connectivity index (χ3v) is 8.08. The molecule has 0 spiro atoms. The minimum atomic E-state index is -0.530. The molecule has 8 nitrogen and oxygen atoms in total. The van der Waals surface area contributed by atoms with Gasteiger partial charge in [0, 0.05) is 5.69 Å². The molecule has 10 heteroatoms. The van der Waals surface area contributed by atoms with Crippen molar-refractivity contribution in [1.29, 1.82) is 0 Å². The number of ether oxygens (including phenoxy) is 3. The molecule has 4 aromatic carbocycles. The van der Waals surface area contributed by atoms with E-state index in [1.807, 2.05) is 31.2 Å². The summed E-state index contributed by atoms with van der Waals surface area (Å²) in [6.07, 6.45) is 1.62. The molecule has 3 amide bonds. The number of fused-ring (bicyclic) bond motifs is 1. The number of thioether (sulfide) groups is 1. The maximum atomic E-state index is 13.0. The van der Waals surface area contributed by atoms with E-state index in [9.17, 15) is 14.4 Å². The van der Waals surface area contributed by atoms with Crippen molar-refractivity contribution in [1.82, 2.24) is 4.90 Å². The normalized spacial score (nSPS) is 14.0. The lowest BCUT2D eigenvalue weighted by Crippen LogP contribution is -2.36. The van der Waals surface area contributed by atoms with Gasteiger partial charge in [0.1, 0.15) is 18.9 Å². The third kappa shape index (κ3) is 6.88. The van der Waals surface area contributed by atoms with Gasteiger partial charge >= 0.3 is 0 Å². The molecular weight excluding hydrogens is 667 g/mol. The van der Waals surface area contributed by atoms with Gasteiger partial charge in [-0.25, -0.2) is 0 Å². The van der Waals surface area contributed by atoms with Gasteiger partial charge in [-0.2, -0.15) is 0 Å². The SMILES string of the molecule is CCOc1ccc(NC(=O)CN2C(=O)S/C(=C/c3cc(I)c(OCc4ccc5ccccc5c4)c(OC)c3)C2=O)cc1. The highest BCUT2D eigenvalue weighted by molar-refractivity contribution is 14.1. The standard InChI is InChI=1S/C32H27IN2O6S/c1-3-40-25-12-10-24(11-13-25)34-29(36)18-35-31(37)28(42-32(35)38)17-21-15-26(33)30(27(16-21)39-2)41-19-20-8-9-22-6-4-5-7-23(22)14-20/h4-17H,3,18-19H2,1-2H3,(H,34,36)/b28-17+. The van der Waals surface area contributed by atoms with Crippen molar-refractivity contribution in [2.45, 2.75) is 13.5 Å². The fourth-order valence-electron chi connectivity index (χ4n) is 4.38. The number of benzene rings is 4. The fraction of sp³-hybridized carbons (Fsp3) is 0.156. The number of anilines is 1. The Labute approximate surface area is 261 Å². The average Bonchev–Trinajstić information content (AvgIpc) is 3.24. The predicted molar refractivity (Wildman–Crippen MR) is 173 cm³/mol. The maximum Gasteiger partial charge on any atom is 0.294 e. The van der Waals surface area contributed by atoms with Crippen molar-refractivity contribution in [3.63, 3.8) is 0 Å². The quantitative estimate of drug-likeness (QED) is 0.140. The van der Waals surface area contributed by atoms with Crippen molar-refractivity contribution in [2.75, 3.05) is 25.6 Å². The van der Waals surface area contributed by atoms with Crippen molar-refractivity contribution >= 4 is 73.9 Å². The van der Waals surface area contributed by atoms with Crippen molar-refractivity contribution < 1.29 is 28.6 Å². The number of nitrogens with zero attached hydrogens (tertiary/aromatic N) is 1. The number of carbonyl (C=O) groups is 3. The molecule has 214 valence electrons. The first-order valence-electron chi connectivity index (χ1n) is 13.1. The van der Waals surface area contributed by atoms with E-state index in [-0.39, 0.29) is 4.91 Å². The number of carbonyl (C=O) groups excluding carboxylic acids is 3. The van der Waals surface area contributed by atoms with Crippen LogP contribution in [0, 0.1) is 3.57 Å². The maximum absolute atomic E-state index is 13.0. The molecule has 42 heavy (non-hydrogen) atoms. The summed E-state index contributed by atoms with van der Waals surface area (Å²) in [5, 5.41) is 4.49. The van der Waals surface area contributed by atoms with Gasteiger partial charge in [-0.1, -0.05) is 36.4 Å². The molecule has 1 aliphatic rings. The van der Waals surface area contributed by atoms with Crippen LogP contribution in [0.25, 0.3) is 16.8 Å². The Bertz CT molecular complexity index is 1690. The number of imide groups is 1. The van der Waals surface area contributed by atoms with E-state index in [0.29, 0.717) is 41.7 Å². The molecular formula is C32H27IN2O6S. The predicted octanol–water partition coefficient (Wildman–Crippen LogP) is 7.11. The molecule has 4 aromatic rings. The van der Waals surface area contributed by atoms with Crippen LogP contribution in [0.3, 0.4) is 0 Å². The van der Waals surface area contributed by atoms with Gasteiger partial charge in [0.15, 0.2) is 11.5 Å². The highest BCUT2D eigenvalue weighted by Crippen LogP contribution is 2.38. The molecule has 0 bridgehead atoms. The Morgan fingerprint density at radius 3 is 2.48 bits per heavy atom. The highest BCUT2D eigenvalue weighted by atomic mass is 127. The minimum Gasteiger partial charge on any atom is -0.494 e. The molecule has 0 aromatic heterocycles. The lowest BCUT2D eigenvalue weighted by atomic mass is 10.1. The van der Waals surface area contributed by atoms with E-state index in [0.717, 1.165) is 36.6 Å². The summed E-state index contributed by atoms with van der Waals surface area (Å²) in [5.41, 5.74) is 2.23. The fourth-order valence-corrected chi connectivity index (χ4v) is 6.00. The van der Waals surface area contributed by atoms with Gasteiger partial charge in [0.2, 0.25) is 5.91 Å². The minimum absolute atomic E-state index is 0.219. The lowest BCUT2D eigenvalue weighted by Gasteiger charge is -2.14. The molecule has 1 heterocycles. The number of rotatable bonds is 10. The zero-order valence-electron chi connectivity index (χ0n) is 22.9. The Kier molecular flexibility index (Phi) is 9.33. The third-order valence-electron chi connectivity index (χ3n) is 6.37. The summed E-state index contributed by atoms with van der Waals surface area (Å²) < 4.78 is 17.9. The summed E-state index contributed by atoms with van der Waals surface area (Å²) in [6.45, 7) is 2.38. The Morgan fingerprint density at radius 1 is 0.976 bits per heavy atom. The van der Waals surface area contributed by atoms with Crippen LogP contribution in [0.15, 0.2) is 83.8 Å². The van der Waals surface area contributed by atoms with Gasteiger partial charge in [0.25, 0.3) is 11.1 Å². The van der Waals surface area contributed by atoms with Crippen LogP contribution in [0.1, 0.15) is 18.1 Å². The van der Waals surface area contributed by atoms with Crippen LogP contribution in [0.2, 0.25) is 0 Å². The van der Waals surface area contributed by atoms with Gasteiger partial charge < -0.3 is 19.5 Å². The molecule has 1 aliphatic heterocycles. The van der Waals surface area contributed by atoms with Gasteiger partial charge in [0.05, 0.1) is 22.2 Å². The van der Waals surface area contributed by atoms with Gasteiger partial charge in [-0.15, -0.1) is 0 Å². The van der Waals surface area contributed by atoms with Crippen LogP contribution >= 0.6 is 34.4 Å². The van der Waals surface area contributed by atoms with E-state index < -0.39 is 23.6 Å². The summed E-state index contributed by atoms with van der Waals surface area (Å²) in [5.74, 6) is 0.761. The zero-order chi connectivity index (χ0) is 29.6. The average molecular weight is 695 g/mol. The van der Waals surface area contributed by atoms with Gasteiger partial charge in [-0.3, -0.25) is 19.3 Å². The molecule has 0 radical (unpaired) electrons. The van der Waals surface area contributed by atoms with Crippen LogP contribution in [0.5, 0.6) is 17.2 Å². The molecule has 0 aliphatic carbocycles. The molecule has 5 rings (SSSR count). The number of hydrogen-bond acceptors (Lipinski definition) is 7. The molecule has 0 saturated carbocycles. The van der Waals surface area contributed by atoms with Crippen LogP contribution in [-0.2, 0) is 16.2 Å². The second kappa shape index (κ2) is 13.3. The number of nitrogens with one attached hydrogen (secondary N) is 1.